The number of nitrogens with one attached hydrogen (secondary N) is 1. The third kappa shape index (κ3) is 6.21. The quantitative estimate of drug-likeness (QED) is 0.700. The fraction of sp³-hybridized carbons (Fsp3) is 0.467. The largest absolute Gasteiger partial charge is 0.488 e. The van der Waals surface area contributed by atoms with Gasteiger partial charge in [-0.2, -0.15) is 0 Å². The van der Waals surface area contributed by atoms with Gasteiger partial charge in [0.05, 0.1) is 25.8 Å². The molecule has 0 fully saturated rings. The van der Waals surface area contributed by atoms with E-state index in [1.807, 2.05) is 19.2 Å². The number of imide groups is 1. The summed E-state index contributed by atoms with van der Waals surface area (Å²) in [5, 5.41) is 1.92. The third-order valence-corrected chi connectivity index (χ3v) is 2.81. The van der Waals surface area contributed by atoms with E-state index in [2.05, 4.69) is 9.72 Å². The maximum atomic E-state index is 11.6. The van der Waals surface area contributed by atoms with Crippen LogP contribution < -0.4 is 20.5 Å². The van der Waals surface area contributed by atoms with Crippen molar-refractivity contribution in [2.24, 2.45) is 11.7 Å². The first-order chi connectivity index (χ1) is 11.4. The molecule has 9 nitrogen and oxygen atoms in total. The fourth-order valence-electron chi connectivity index (χ4n) is 1.52. The molecule has 0 unspecified atom stereocenters. The molecule has 1 heterocycles. The van der Waals surface area contributed by atoms with Crippen LogP contribution in [0.4, 0.5) is 4.79 Å². The normalized spacial score (nSPS) is 10.2. The van der Waals surface area contributed by atoms with Crippen LogP contribution in [-0.2, 0) is 9.53 Å². The number of carbonyl (C=O) groups is 3. The van der Waals surface area contributed by atoms with Gasteiger partial charge in [0.1, 0.15) is 0 Å². The number of methoxy groups -OCH3 is 1. The van der Waals surface area contributed by atoms with Crippen LogP contribution >= 0.6 is 0 Å². The number of aromatic nitrogens is 1. The summed E-state index contributed by atoms with van der Waals surface area (Å²) in [5.74, 6) is -0.988. The number of hydrogen-bond donors (Lipinski definition) is 2. The summed E-state index contributed by atoms with van der Waals surface area (Å²) >= 11 is 0. The van der Waals surface area contributed by atoms with Crippen LogP contribution in [0.2, 0.25) is 0 Å². The van der Waals surface area contributed by atoms with Crippen molar-refractivity contribution in [3.63, 3.8) is 0 Å². The number of carbonyl (C=O) groups excluding carboxylic acids is 3. The van der Waals surface area contributed by atoms with Gasteiger partial charge in [-0.25, -0.2) is 14.6 Å². The highest BCUT2D eigenvalue weighted by Gasteiger charge is 2.17. The van der Waals surface area contributed by atoms with Gasteiger partial charge in [0.25, 0.3) is 5.88 Å². The van der Waals surface area contributed by atoms with Crippen LogP contribution in [0.1, 0.15) is 30.6 Å². The summed E-state index contributed by atoms with van der Waals surface area (Å²) in [6, 6.07) is 1.35. The van der Waals surface area contributed by atoms with Crippen molar-refractivity contribution in [1.82, 2.24) is 10.3 Å². The lowest BCUT2D eigenvalue weighted by Gasteiger charge is -2.12. The van der Waals surface area contributed by atoms with Crippen LogP contribution in [0, 0.1) is 5.92 Å². The van der Waals surface area contributed by atoms with Gasteiger partial charge < -0.3 is 19.9 Å². The van der Waals surface area contributed by atoms with Crippen LogP contribution in [0.25, 0.3) is 0 Å². The van der Waals surface area contributed by atoms with Gasteiger partial charge in [0.2, 0.25) is 5.91 Å². The second kappa shape index (κ2) is 9.46. The molecule has 0 atom stereocenters. The first-order valence-corrected chi connectivity index (χ1v) is 7.30. The molecular weight excluding hydrogens is 318 g/mol. The lowest BCUT2D eigenvalue weighted by Crippen LogP contribution is -2.37. The van der Waals surface area contributed by atoms with Crippen molar-refractivity contribution in [3.8, 4) is 11.6 Å². The van der Waals surface area contributed by atoms with Crippen molar-refractivity contribution in [2.75, 3.05) is 20.3 Å². The van der Waals surface area contributed by atoms with Crippen LogP contribution in [0.15, 0.2) is 12.3 Å². The van der Waals surface area contributed by atoms with Crippen molar-refractivity contribution in [3.05, 3.63) is 17.8 Å². The maximum absolute atomic E-state index is 11.6. The molecule has 24 heavy (non-hydrogen) atoms. The Balaban J connectivity index is 2.93. The summed E-state index contributed by atoms with van der Waals surface area (Å²) in [7, 11) is 1.23. The number of ether oxygens (including phenoxy) is 3. The van der Waals surface area contributed by atoms with E-state index >= 15 is 0 Å². The average molecular weight is 339 g/mol. The minimum Gasteiger partial charge on any atom is -0.488 e. The summed E-state index contributed by atoms with van der Waals surface area (Å²) in [6.45, 7) is 4.02. The predicted octanol–water partition coefficient (Wildman–Crippen LogP) is 0.867. The van der Waals surface area contributed by atoms with E-state index in [0.717, 1.165) is 6.42 Å². The van der Waals surface area contributed by atoms with Crippen LogP contribution in [0.5, 0.6) is 11.6 Å². The van der Waals surface area contributed by atoms with Gasteiger partial charge in [-0.05, 0) is 12.3 Å². The molecular formula is C15H21N3O6. The number of rotatable bonds is 7. The summed E-state index contributed by atoms with van der Waals surface area (Å²) in [6.07, 6.45) is 0.881. The van der Waals surface area contributed by atoms with E-state index in [4.69, 9.17) is 15.2 Å². The van der Waals surface area contributed by atoms with Gasteiger partial charge in [-0.3, -0.25) is 10.1 Å². The first-order valence-electron chi connectivity index (χ1n) is 7.30. The van der Waals surface area contributed by atoms with Gasteiger partial charge >= 0.3 is 12.1 Å². The van der Waals surface area contributed by atoms with Crippen molar-refractivity contribution >= 4 is 18.0 Å². The smallest absolute Gasteiger partial charge is 0.420 e. The summed E-state index contributed by atoms with van der Waals surface area (Å²) in [4.78, 5) is 38.1. The molecule has 2 amide bonds. The zero-order valence-corrected chi connectivity index (χ0v) is 13.8. The molecule has 0 aliphatic rings. The summed E-state index contributed by atoms with van der Waals surface area (Å²) in [5.41, 5.74) is 5.24. The highest BCUT2D eigenvalue weighted by atomic mass is 16.6. The number of esters is 1. The highest BCUT2D eigenvalue weighted by Crippen LogP contribution is 2.26. The van der Waals surface area contributed by atoms with E-state index < -0.39 is 18.0 Å². The molecule has 0 aliphatic carbocycles. The molecule has 0 aromatic carbocycles. The fourth-order valence-corrected chi connectivity index (χ4v) is 1.52. The molecule has 1 aromatic rings. The molecule has 0 aliphatic heterocycles. The van der Waals surface area contributed by atoms with Crippen molar-refractivity contribution < 1.29 is 28.6 Å². The molecule has 9 heteroatoms. The number of pyridine rings is 1. The zero-order valence-electron chi connectivity index (χ0n) is 13.8. The maximum Gasteiger partial charge on any atom is 0.420 e. The Hall–Kier alpha value is -2.68. The molecule has 0 saturated carbocycles. The topological polar surface area (TPSA) is 130 Å². The van der Waals surface area contributed by atoms with E-state index in [-0.39, 0.29) is 23.7 Å². The second-order valence-corrected chi connectivity index (χ2v) is 5.19. The molecule has 0 bridgehead atoms. The number of amides is 2. The third-order valence-electron chi connectivity index (χ3n) is 2.81. The Kier molecular flexibility index (Phi) is 7.63. The lowest BCUT2D eigenvalue weighted by molar-refractivity contribution is -0.118. The molecule has 0 radical (unpaired) electrons. The van der Waals surface area contributed by atoms with E-state index in [1.54, 1.807) is 0 Å². The lowest BCUT2D eigenvalue weighted by atomic mass is 10.1. The van der Waals surface area contributed by atoms with Gasteiger partial charge in [-0.1, -0.05) is 13.8 Å². The molecule has 1 aromatic heterocycles. The molecule has 3 N–H and O–H groups in total. The minimum absolute atomic E-state index is 0.0916. The minimum atomic E-state index is -1.04. The van der Waals surface area contributed by atoms with Crippen LogP contribution in [0.3, 0.4) is 0 Å². The predicted molar refractivity (Wildman–Crippen MR) is 83.7 cm³/mol. The molecule has 1 rings (SSSR count). The molecule has 0 saturated heterocycles. The zero-order chi connectivity index (χ0) is 18.1. The monoisotopic (exact) mass is 339 g/mol. The van der Waals surface area contributed by atoms with Crippen molar-refractivity contribution in [1.29, 1.82) is 0 Å². The number of nitrogens with zero attached hydrogens (tertiary/aromatic N) is 1. The van der Waals surface area contributed by atoms with Gasteiger partial charge in [0.15, 0.2) is 5.75 Å². The van der Waals surface area contributed by atoms with Crippen molar-refractivity contribution in [2.45, 2.75) is 20.3 Å². The Bertz CT molecular complexity index is 603. The van der Waals surface area contributed by atoms with E-state index in [0.29, 0.717) is 12.5 Å². The number of nitrogens with two attached hydrogens (primary N) is 1. The standard InChI is InChI=1S/C15H21N3O6/c1-9(2)4-5-23-11-6-10(14(20)22-3)8-17-13(11)24-15(21)18-12(19)7-16/h6,8-9H,4-5,7,16H2,1-3H3,(H,18,19,21). The van der Waals surface area contributed by atoms with E-state index in [9.17, 15) is 14.4 Å². The second-order valence-electron chi connectivity index (χ2n) is 5.19. The Labute approximate surface area is 139 Å². The Morgan fingerprint density at radius 1 is 1.33 bits per heavy atom. The Morgan fingerprint density at radius 2 is 2.04 bits per heavy atom. The van der Waals surface area contributed by atoms with Gasteiger partial charge in [-0.15, -0.1) is 0 Å². The van der Waals surface area contributed by atoms with Crippen LogP contribution in [-0.4, -0.2) is 43.2 Å². The SMILES string of the molecule is COC(=O)c1cnc(OC(=O)NC(=O)CN)c(OCCC(C)C)c1. The van der Waals surface area contributed by atoms with E-state index in [1.165, 1.54) is 19.4 Å². The summed E-state index contributed by atoms with van der Waals surface area (Å²) < 4.78 is 15.1. The molecule has 132 valence electrons. The Morgan fingerprint density at radius 3 is 2.62 bits per heavy atom. The number of hydrogen-bond acceptors (Lipinski definition) is 8. The average Bonchev–Trinajstić information content (AvgIpc) is 2.54. The van der Waals surface area contributed by atoms with Gasteiger partial charge in [0, 0.05) is 12.3 Å². The highest BCUT2D eigenvalue weighted by molar-refractivity contribution is 5.93. The first kappa shape index (κ1) is 19.4. The molecule has 0 spiro atoms.